The molecule has 21 heavy (non-hydrogen) atoms. The van der Waals surface area contributed by atoms with Crippen LogP contribution in [0.4, 0.5) is 0 Å². The minimum absolute atomic E-state index is 0.0369. The van der Waals surface area contributed by atoms with Gasteiger partial charge in [-0.1, -0.05) is 38.5 Å². The second-order valence-corrected chi connectivity index (χ2v) is 7.03. The predicted octanol–water partition coefficient (Wildman–Crippen LogP) is 2.92. The second kappa shape index (κ2) is 7.11. The number of nitrogens with one attached hydrogen (secondary N) is 1. The number of thiophene rings is 1. The third-order valence-electron chi connectivity index (χ3n) is 4.47. The highest BCUT2D eigenvalue weighted by Crippen LogP contribution is 2.30. The molecule has 1 heterocycles. The molecule has 0 radical (unpaired) electrons. The van der Waals surface area contributed by atoms with Gasteiger partial charge in [0.2, 0.25) is 0 Å². The Labute approximate surface area is 131 Å². The summed E-state index contributed by atoms with van der Waals surface area (Å²) in [6, 6.07) is 2.22. The second-order valence-electron chi connectivity index (χ2n) is 5.98. The van der Waals surface area contributed by atoms with Crippen LogP contribution in [0.3, 0.4) is 0 Å². The van der Waals surface area contributed by atoms with Gasteiger partial charge in [0.25, 0.3) is 5.91 Å². The lowest BCUT2D eigenvalue weighted by atomic mass is 9.78. The van der Waals surface area contributed by atoms with Gasteiger partial charge in [0.15, 0.2) is 0 Å². The molecule has 3 nitrogen and oxygen atoms in total. The lowest BCUT2D eigenvalue weighted by Crippen LogP contribution is -2.43. The number of carbonyl (C=O) groups is 1. The van der Waals surface area contributed by atoms with Gasteiger partial charge < -0.3 is 11.1 Å². The molecule has 1 fully saturated rings. The zero-order valence-corrected chi connectivity index (χ0v) is 13.8. The van der Waals surface area contributed by atoms with Gasteiger partial charge >= 0.3 is 0 Å². The normalized spacial score (nSPS) is 25.0. The summed E-state index contributed by atoms with van der Waals surface area (Å²) in [6.45, 7) is 6.85. The Morgan fingerprint density at radius 2 is 2.24 bits per heavy atom. The number of rotatable bonds is 2. The summed E-state index contributed by atoms with van der Waals surface area (Å²) in [4.78, 5) is 14.1. The van der Waals surface area contributed by atoms with Gasteiger partial charge in [-0.3, -0.25) is 4.79 Å². The molecule has 1 aromatic heterocycles. The molecule has 0 aliphatic heterocycles. The molecule has 1 aliphatic carbocycles. The fraction of sp³-hybridized carbons (Fsp3) is 0.588. The Morgan fingerprint density at radius 3 is 2.95 bits per heavy atom. The molecule has 1 saturated carbocycles. The highest BCUT2D eigenvalue weighted by atomic mass is 32.1. The van der Waals surface area contributed by atoms with Gasteiger partial charge in [-0.05, 0) is 36.8 Å². The molecule has 1 amide bonds. The maximum Gasteiger partial charge on any atom is 0.261 e. The van der Waals surface area contributed by atoms with Crippen LogP contribution < -0.4 is 11.1 Å². The van der Waals surface area contributed by atoms with E-state index in [0.717, 1.165) is 21.7 Å². The van der Waals surface area contributed by atoms with Gasteiger partial charge in [-0.25, -0.2) is 0 Å². The topological polar surface area (TPSA) is 55.1 Å². The first-order chi connectivity index (χ1) is 10.0. The summed E-state index contributed by atoms with van der Waals surface area (Å²) in [6.07, 6.45) is 3.55. The number of nitrogens with two attached hydrogens (primary N) is 1. The van der Waals surface area contributed by atoms with Crippen molar-refractivity contribution in [2.45, 2.75) is 46.1 Å². The van der Waals surface area contributed by atoms with Crippen LogP contribution in [0.15, 0.2) is 6.07 Å². The molecule has 0 bridgehead atoms. The van der Waals surface area contributed by atoms with Crippen LogP contribution in [-0.2, 0) is 0 Å². The molecule has 4 heteroatoms. The fourth-order valence-electron chi connectivity index (χ4n) is 2.87. The summed E-state index contributed by atoms with van der Waals surface area (Å²) in [5.74, 6) is 7.14. The minimum atomic E-state index is 0.0369. The highest BCUT2D eigenvalue weighted by molar-refractivity contribution is 7.14. The van der Waals surface area contributed by atoms with Gasteiger partial charge in [-0.15, -0.1) is 11.3 Å². The van der Waals surface area contributed by atoms with Crippen LogP contribution in [0.25, 0.3) is 0 Å². The van der Waals surface area contributed by atoms with E-state index in [1.807, 2.05) is 13.0 Å². The van der Waals surface area contributed by atoms with E-state index in [4.69, 9.17) is 5.73 Å². The van der Waals surface area contributed by atoms with Crippen molar-refractivity contribution in [1.29, 1.82) is 0 Å². The zero-order valence-electron chi connectivity index (χ0n) is 13.0. The number of amides is 1. The van der Waals surface area contributed by atoms with Crippen molar-refractivity contribution >= 4 is 17.2 Å². The summed E-state index contributed by atoms with van der Waals surface area (Å²) in [7, 11) is 0. The van der Waals surface area contributed by atoms with Crippen molar-refractivity contribution in [2.75, 3.05) is 6.54 Å². The molecule has 0 aromatic carbocycles. The first kappa shape index (κ1) is 16.1. The van der Waals surface area contributed by atoms with Gasteiger partial charge in [0.05, 0.1) is 16.3 Å². The molecule has 0 spiro atoms. The van der Waals surface area contributed by atoms with Crippen LogP contribution in [0.5, 0.6) is 0 Å². The molecule has 1 aliphatic rings. The maximum atomic E-state index is 12.4. The van der Waals surface area contributed by atoms with E-state index in [9.17, 15) is 4.79 Å². The van der Waals surface area contributed by atoms with Gasteiger partial charge in [0, 0.05) is 6.04 Å². The average molecular weight is 304 g/mol. The number of aryl methyl sites for hydroxylation is 1. The number of hydrogen-bond acceptors (Lipinski definition) is 3. The van der Waals surface area contributed by atoms with E-state index in [0.29, 0.717) is 24.4 Å². The van der Waals surface area contributed by atoms with Crippen LogP contribution in [0.1, 0.15) is 53.2 Å². The lowest BCUT2D eigenvalue weighted by molar-refractivity contribution is 0.0895. The first-order valence-electron chi connectivity index (χ1n) is 7.63. The Morgan fingerprint density at radius 1 is 1.48 bits per heavy atom. The number of carbonyl (C=O) groups excluding carboxylic acids is 1. The summed E-state index contributed by atoms with van der Waals surface area (Å²) >= 11 is 1.46. The number of hydrogen-bond donors (Lipinski definition) is 2. The van der Waals surface area contributed by atoms with Crippen molar-refractivity contribution in [3.8, 4) is 11.8 Å². The lowest BCUT2D eigenvalue weighted by Gasteiger charge is -2.34. The van der Waals surface area contributed by atoms with Gasteiger partial charge in [-0.2, -0.15) is 0 Å². The Bertz CT molecular complexity index is 567. The monoisotopic (exact) mass is 304 g/mol. The molecule has 1 aromatic rings. The van der Waals surface area contributed by atoms with E-state index < -0.39 is 0 Å². The van der Waals surface area contributed by atoms with Crippen molar-refractivity contribution in [3.63, 3.8) is 0 Å². The molecule has 0 saturated heterocycles. The minimum Gasteiger partial charge on any atom is -0.348 e. The van der Waals surface area contributed by atoms with Crippen molar-refractivity contribution in [2.24, 2.45) is 17.6 Å². The Balaban J connectivity index is 2.06. The fourth-order valence-corrected chi connectivity index (χ4v) is 3.82. The molecular formula is C17H24N2OS. The quantitative estimate of drug-likeness (QED) is 0.825. The SMILES string of the molecule is Cc1cc(C(=O)NC2CCCC(C)C2C)sc1C#CCN. The highest BCUT2D eigenvalue weighted by Gasteiger charge is 2.28. The van der Waals surface area contributed by atoms with E-state index in [1.165, 1.54) is 24.2 Å². The Hall–Kier alpha value is -1.31. The van der Waals surface area contributed by atoms with E-state index >= 15 is 0 Å². The van der Waals surface area contributed by atoms with Gasteiger partial charge in [0.1, 0.15) is 0 Å². The smallest absolute Gasteiger partial charge is 0.261 e. The van der Waals surface area contributed by atoms with Crippen molar-refractivity contribution in [3.05, 3.63) is 21.4 Å². The van der Waals surface area contributed by atoms with Crippen LogP contribution in [-0.4, -0.2) is 18.5 Å². The van der Waals surface area contributed by atoms with E-state index in [2.05, 4.69) is 31.0 Å². The van der Waals surface area contributed by atoms with Crippen molar-refractivity contribution < 1.29 is 4.79 Å². The third kappa shape index (κ3) is 3.87. The average Bonchev–Trinajstić information content (AvgIpc) is 2.83. The summed E-state index contributed by atoms with van der Waals surface area (Å²) < 4.78 is 0. The van der Waals surface area contributed by atoms with Crippen molar-refractivity contribution in [1.82, 2.24) is 5.32 Å². The van der Waals surface area contributed by atoms with Crippen LogP contribution >= 0.6 is 11.3 Å². The standard InChI is InChI=1S/C17H24N2OS/c1-11-6-4-7-14(13(11)3)19-17(20)16-10-12(2)15(21-16)8-5-9-18/h10-11,13-14H,4,6-7,9,18H2,1-3H3,(H,19,20). The predicted molar refractivity (Wildman–Crippen MR) is 88.4 cm³/mol. The first-order valence-corrected chi connectivity index (χ1v) is 8.44. The maximum absolute atomic E-state index is 12.4. The molecule has 3 unspecified atom stereocenters. The Kier molecular flexibility index (Phi) is 5.44. The van der Waals surface area contributed by atoms with Crippen LogP contribution in [0, 0.1) is 30.6 Å². The molecule has 2 rings (SSSR count). The molecule has 3 atom stereocenters. The third-order valence-corrected chi connectivity index (χ3v) is 5.62. The molecular weight excluding hydrogens is 280 g/mol. The van der Waals surface area contributed by atoms with E-state index in [1.54, 1.807) is 0 Å². The zero-order chi connectivity index (χ0) is 15.4. The largest absolute Gasteiger partial charge is 0.348 e. The molecule has 114 valence electrons. The molecule has 3 N–H and O–H groups in total. The summed E-state index contributed by atoms with van der Waals surface area (Å²) in [5.41, 5.74) is 6.45. The summed E-state index contributed by atoms with van der Waals surface area (Å²) in [5, 5.41) is 3.21. The van der Waals surface area contributed by atoms with Crippen LogP contribution in [0.2, 0.25) is 0 Å². The van der Waals surface area contributed by atoms with E-state index in [-0.39, 0.29) is 5.91 Å².